The molecule has 0 saturated carbocycles. The smallest absolute Gasteiger partial charge is 0.415 e. The van der Waals surface area contributed by atoms with Gasteiger partial charge < -0.3 is 14.7 Å². The number of rotatable bonds is 5. The maximum atomic E-state index is 12.3. The summed E-state index contributed by atoms with van der Waals surface area (Å²) < 4.78 is 5.42. The Labute approximate surface area is 137 Å². The summed E-state index contributed by atoms with van der Waals surface area (Å²) in [6, 6.07) is 6.35. The molecule has 0 unspecified atom stereocenters. The molecule has 1 N–H and O–H groups in total. The third kappa shape index (κ3) is 4.87. The van der Waals surface area contributed by atoms with Crippen LogP contribution in [-0.2, 0) is 0 Å². The van der Waals surface area contributed by atoms with Gasteiger partial charge in [0.05, 0.1) is 5.69 Å². The van der Waals surface area contributed by atoms with Crippen LogP contribution < -0.4 is 9.64 Å². The molecule has 128 valence electrons. The lowest BCUT2D eigenvalue weighted by molar-refractivity contribution is 0.123. The highest BCUT2D eigenvalue weighted by Crippen LogP contribution is 2.24. The van der Waals surface area contributed by atoms with Gasteiger partial charge in [0, 0.05) is 24.2 Å². The number of carbonyl (C=O) groups is 2. The van der Waals surface area contributed by atoms with E-state index in [2.05, 4.69) is 0 Å². The van der Waals surface area contributed by atoms with Crippen molar-refractivity contribution in [2.24, 2.45) is 0 Å². The van der Waals surface area contributed by atoms with Crippen LogP contribution in [0, 0.1) is 0 Å². The number of benzene rings is 1. The number of carboxylic acid groups (broad SMARTS) is 1. The van der Waals surface area contributed by atoms with Gasteiger partial charge >= 0.3 is 12.2 Å². The van der Waals surface area contributed by atoms with Gasteiger partial charge in [-0.1, -0.05) is 6.07 Å². The minimum absolute atomic E-state index is 0.0110. The maximum Gasteiger partial charge on any atom is 0.415 e. The molecule has 6 heteroatoms. The first kappa shape index (κ1) is 18.8. The highest BCUT2D eigenvalue weighted by Gasteiger charge is 2.23. The largest absolute Gasteiger partial charge is 0.465 e. The Morgan fingerprint density at radius 3 is 2.00 bits per heavy atom. The SMILES string of the molecule is CC(C)N(C(=O)O)c1cccc(OC(=O)N(C(C)C)C(C)C)c1. The minimum Gasteiger partial charge on any atom is -0.465 e. The molecule has 0 radical (unpaired) electrons. The zero-order valence-electron chi connectivity index (χ0n) is 14.6. The van der Waals surface area contributed by atoms with E-state index in [1.54, 1.807) is 43.0 Å². The monoisotopic (exact) mass is 322 g/mol. The topological polar surface area (TPSA) is 70.1 Å². The molecule has 0 heterocycles. The Morgan fingerprint density at radius 2 is 1.57 bits per heavy atom. The van der Waals surface area contributed by atoms with Crippen molar-refractivity contribution in [3.05, 3.63) is 24.3 Å². The molecule has 1 aromatic carbocycles. The second-order valence-electron chi connectivity index (χ2n) is 6.21. The van der Waals surface area contributed by atoms with E-state index in [0.717, 1.165) is 0 Å². The summed E-state index contributed by atoms with van der Waals surface area (Å²) in [6.45, 7) is 11.2. The highest BCUT2D eigenvalue weighted by atomic mass is 16.6. The first-order chi connectivity index (χ1) is 10.6. The molecule has 6 nitrogen and oxygen atoms in total. The van der Waals surface area contributed by atoms with Crippen LogP contribution in [0.5, 0.6) is 5.75 Å². The second-order valence-corrected chi connectivity index (χ2v) is 6.21. The first-order valence-corrected chi connectivity index (χ1v) is 7.77. The van der Waals surface area contributed by atoms with Crippen molar-refractivity contribution < 1.29 is 19.4 Å². The predicted octanol–water partition coefficient (Wildman–Crippen LogP) is 4.20. The Kier molecular flexibility index (Phi) is 6.42. The van der Waals surface area contributed by atoms with Gasteiger partial charge in [0.15, 0.2) is 0 Å². The quantitative estimate of drug-likeness (QED) is 0.882. The number of nitrogens with zero attached hydrogens (tertiary/aromatic N) is 2. The van der Waals surface area contributed by atoms with Gasteiger partial charge in [-0.3, -0.25) is 4.90 Å². The minimum atomic E-state index is -1.05. The predicted molar refractivity (Wildman–Crippen MR) is 90.2 cm³/mol. The number of amides is 2. The fourth-order valence-corrected chi connectivity index (χ4v) is 2.50. The average molecular weight is 322 g/mol. The Balaban J connectivity index is 3.01. The van der Waals surface area contributed by atoms with Gasteiger partial charge in [0.25, 0.3) is 0 Å². The van der Waals surface area contributed by atoms with Crippen LogP contribution in [0.15, 0.2) is 24.3 Å². The number of anilines is 1. The number of hydrogen-bond acceptors (Lipinski definition) is 3. The van der Waals surface area contributed by atoms with Crippen molar-refractivity contribution in [1.82, 2.24) is 4.90 Å². The summed E-state index contributed by atoms with van der Waals surface area (Å²) in [5.41, 5.74) is 0.471. The van der Waals surface area contributed by atoms with Crippen LogP contribution >= 0.6 is 0 Å². The van der Waals surface area contributed by atoms with Gasteiger partial charge in [0.2, 0.25) is 0 Å². The normalized spacial score (nSPS) is 11.0. The van der Waals surface area contributed by atoms with E-state index >= 15 is 0 Å². The van der Waals surface area contributed by atoms with Crippen LogP contribution in [-0.4, -0.2) is 40.3 Å². The molecule has 0 aliphatic carbocycles. The highest BCUT2D eigenvalue weighted by molar-refractivity contribution is 5.87. The third-order valence-corrected chi connectivity index (χ3v) is 3.35. The van der Waals surface area contributed by atoms with Crippen molar-refractivity contribution in [2.75, 3.05) is 4.90 Å². The van der Waals surface area contributed by atoms with Crippen LogP contribution in [0.3, 0.4) is 0 Å². The molecule has 0 saturated heterocycles. The molecule has 23 heavy (non-hydrogen) atoms. The molecule has 2 amide bonds. The fraction of sp³-hybridized carbons (Fsp3) is 0.529. The van der Waals surface area contributed by atoms with E-state index in [0.29, 0.717) is 11.4 Å². The van der Waals surface area contributed by atoms with Crippen LogP contribution in [0.2, 0.25) is 0 Å². The molecule has 0 bridgehead atoms. The maximum absolute atomic E-state index is 12.3. The lowest BCUT2D eigenvalue weighted by Crippen LogP contribution is -2.43. The number of hydrogen-bond donors (Lipinski definition) is 1. The number of ether oxygens (including phenoxy) is 1. The van der Waals surface area contributed by atoms with E-state index in [4.69, 9.17) is 4.74 Å². The van der Waals surface area contributed by atoms with Crippen molar-refractivity contribution in [3.63, 3.8) is 0 Å². The van der Waals surface area contributed by atoms with Crippen molar-refractivity contribution >= 4 is 17.9 Å². The molecule has 0 spiro atoms. The summed E-state index contributed by atoms with van der Waals surface area (Å²) in [6.07, 6.45) is -1.49. The lowest BCUT2D eigenvalue weighted by Gasteiger charge is -2.29. The summed E-state index contributed by atoms with van der Waals surface area (Å²) in [5, 5.41) is 9.31. The van der Waals surface area contributed by atoms with E-state index in [9.17, 15) is 14.7 Å². The Morgan fingerprint density at radius 1 is 1.00 bits per heavy atom. The van der Waals surface area contributed by atoms with Crippen molar-refractivity contribution in [1.29, 1.82) is 0 Å². The van der Waals surface area contributed by atoms with Gasteiger partial charge in [-0.15, -0.1) is 0 Å². The van der Waals surface area contributed by atoms with E-state index in [-0.39, 0.29) is 18.1 Å². The van der Waals surface area contributed by atoms with Crippen molar-refractivity contribution in [3.8, 4) is 5.75 Å². The summed E-state index contributed by atoms with van der Waals surface area (Å²) in [7, 11) is 0. The average Bonchev–Trinajstić information content (AvgIpc) is 2.36. The summed E-state index contributed by atoms with van der Waals surface area (Å²) in [4.78, 5) is 26.5. The van der Waals surface area contributed by atoms with Gasteiger partial charge in [0.1, 0.15) is 5.75 Å². The molecule has 1 rings (SSSR count). The second kappa shape index (κ2) is 7.85. The zero-order valence-corrected chi connectivity index (χ0v) is 14.6. The van der Waals surface area contributed by atoms with E-state index in [1.165, 1.54) is 4.90 Å². The lowest BCUT2D eigenvalue weighted by atomic mass is 10.2. The number of carbonyl (C=O) groups excluding carboxylic acids is 1. The molecule has 0 aromatic heterocycles. The van der Waals surface area contributed by atoms with Crippen LogP contribution in [0.1, 0.15) is 41.5 Å². The summed E-state index contributed by atoms with van der Waals surface area (Å²) >= 11 is 0. The van der Waals surface area contributed by atoms with Crippen LogP contribution in [0.4, 0.5) is 15.3 Å². The Hall–Kier alpha value is -2.24. The van der Waals surface area contributed by atoms with E-state index in [1.807, 2.05) is 27.7 Å². The Bertz CT molecular complexity index is 547. The third-order valence-electron chi connectivity index (χ3n) is 3.35. The molecule has 0 aliphatic rings. The standard InChI is InChI=1S/C17H26N2O4/c1-11(2)18(12(3)4)17(22)23-15-9-7-8-14(10-15)19(13(5)6)16(20)21/h7-13H,1-6H3,(H,20,21). The molecule has 0 atom stereocenters. The van der Waals surface area contributed by atoms with Crippen LogP contribution in [0.25, 0.3) is 0 Å². The van der Waals surface area contributed by atoms with Crippen molar-refractivity contribution in [2.45, 2.75) is 59.7 Å². The molecule has 0 fully saturated rings. The fourth-order valence-electron chi connectivity index (χ4n) is 2.50. The van der Waals surface area contributed by atoms with E-state index < -0.39 is 12.2 Å². The van der Waals surface area contributed by atoms with Gasteiger partial charge in [-0.05, 0) is 53.7 Å². The van der Waals surface area contributed by atoms with Gasteiger partial charge in [-0.25, -0.2) is 9.59 Å². The first-order valence-electron chi connectivity index (χ1n) is 7.77. The summed E-state index contributed by atoms with van der Waals surface area (Å²) in [5.74, 6) is 0.325. The van der Waals surface area contributed by atoms with Gasteiger partial charge in [-0.2, -0.15) is 0 Å². The molecule has 1 aromatic rings. The molecular weight excluding hydrogens is 296 g/mol. The zero-order chi connectivity index (χ0) is 17.7. The molecule has 0 aliphatic heterocycles. The molecular formula is C17H26N2O4.